The van der Waals surface area contributed by atoms with Gasteiger partial charge in [-0.25, -0.2) is 9.98 Å². The van der Waals surface area contributed by atoms with E-state index in [2.05, 4.69) is 46.5 Å². The Hall–Kier alpha value is -2.10. The molecule has 0 radical (unpaired) electrons. The molecule has 2 heterocycles. The molecule has 0 atom stereocenters. The number of aryl methyl sites for hydroxylation is 1. The van der Waals surface area contributed by atoms with Crippen molar-refractivity contribution in [3.05, 3.63) is 41.9 Å². The first-order chi connectivity index (χ1) is 14.1. The van der Waals surface area contributed by atoms with Gasteiger partial charge in [0.05, 0.1) is 6.20 Å². The Labute approximate surface area is 195 Å². The molecule has 1 fully saturated rings. The molecule has 8 heteroatoms. The van der Waals surface area contributed by atoms with Gasteiger partial charge in [0.2, 0.25) is 11.8 Å². The molecule has 164 valence electrons. The third-order valence-electron chi connectivity index (χ3n) is 5.26. The largest absolute Gasteiger partial charge is 0.439 e. The van der Waals surface area contributed by atoms with E-state index in [4.69, 9.17) is 9.41 Å². The monoisotopic (exact) mass is 525 g/mol. The first-order valence-electron chi connectivity index (χ1n) is 10.3. The number of piperidine rings is 1. The second-order valence-corrected chi connectivity index (χ2v) is 7.46. The molecule has 2 N–H and O–H groups in total. The zero-order valence-corrected chi connectivity index (χ0v) is 20.3. The molecule has 1 amide bonds. The maximum Gasteiger partial charge on any atom is 0.220 e. The zero-order chi connectivity index (χ0) is 20.6. The summed E-state index contributed by atoms with van der Waals surface area (Å²) in [5.74, 6) is 2.80. The third-order valence-corrected chi connectivity index (χ3v) is 5.26. The summed E-state index contributed by atoms with van der Waals surface area (Å²) in [7, 11) is 1.69. The molecule has 30 heavy (non-hydrogen) atoms. The van der Waals surface area contributed by atoms with Crippen LogP contribution in [0.3, 0.4) is 0 Å². The van der Waals surface area contributed by atoms with Gasteiger partial charge in [0.1, 0.15) is 6.54 Å². The van der Waals surface area contributed by atoms with Gasteiger partial charge < -0.3 is 20.0 Å². The number of nitrogens with zero attached hydrogens (tertiary/aromatic N) is 3. The van der Waals surface area contributed by atoms with E-state index in [1.165, 1.54) is 5.56 Å². The van der Waals surface area contributed by atoms with E-state index in [-0.39, 0.29) is 29.9 Å². The minimum atomic E-state index is 0. The van der Waals surface area contributed by atoms with Crippen LogP contribution in [0.5, 0.6) is 0 Å². The number of hydrogen-bond donors (Lipinski definition) is 2. The smallest absolute Gasteiger partial charge is 0.220 e. The van der Waals surface area contributed by atoms with Crippen molar-refractivity contribution >= 4 is 35.8 Å². The van der Waals surface area contributed by atoms with Crippen molar-refractivity contribution in [3.63, 3.8) is 0 Å². The molecule has 1 saturated heterocycles. The fourth-order valence-electron chi connectivity index (χ4n) is 3.52. The molecule has 0 unspecified atom stereocenters. The van der Waals surface area contributed by atoms with Crippen LogP contribution in [0.25, 0.3) is 11.3 Å². The number of amides is 1. The van der Waals surface area contributed by atoms with E-state index in [9.17, 15) is 4.79 Å². The van der Waals surface area contributed by atoms with Crippen molar-refractivity contribution in [2.75, 3.05) is 26.7 Å². The van der Waals surface area contributed by atoms with E-state index in [1.807, 2.05) is 12.1 Å². The summed E-state index contributed by atoms with van der Waals surface area (Å²) in [6, 6.07) is 8.20. The Kier molecular flexibility index (Phi) is 9.61. The lowest BCUT2D eigenvalue weighted by Gasteiger charge is -2.34. The van der Waals surface area contributed by atoms with E-state index < -0.39 is 0 Å². The van der Waals surface area contributed by atoms with Gasteiger partial charge >= 0.3 is 0 Å². The van der Waals surface area contributed by atoms with Crippen LogP contribution in [0, 0.1) is 12.8 Å². The quantitative estimate of drug-likeness (QED) is 0.343. The first kappa shape index (κ1) is 24.2. The van der Waals surface area contributed by atoms with Gasteiger partial charge in [-0.3, -0.25) is 4.79 Å². The summed E-state index contributed by atoms with van der Waals surface area (Å²) in [5.41, 5.74) is 2.23. The summed E-state index contributed by atoms with van der Waals surface area (Å²) in [6.45, 7) is 7.12. The summed E-state index contributed by atoms with van der Waals surface area (Å²) in [4.78, 5) is 23.0. The fourth-order valence-corrected chi connectivity index (χ4v) is 3.52. The number of nitrogens with one attached hydrogen (secondary N) is 2. The normalized spacial score (nSPS) is 14.9. The summed E-state index contributed by atoms with van der Waals surface area (Å²) in [5, 5.41) is 6.08. The van der Waals surface area contributed by atoms with Crippen molar-refractivity contribution in [3.8, 4) is 11.3 Å². The Balaban J connectivity index is 0.00000320. The molecular weight excluding hydrogens is 493 g/mol. The number of halogens is 1. The predicted molar refractivity (Wildman–Crippen MR) is 130 cm³/mol. The molecule has 3 rings (SSSR count). The number of guanidine groups is 1. The van der Waals surface area contributed by atoms with Crippen LogP contribution in [-0.4, -0.2) is 48.4 Å². The third kappa shape index (κ3) is 6.72. The van der Waals surface area contributed by atoms with Gasteiger partial charge in [-0.05, 0) is 32.6 Å². The van der Waals surface area contributed by atoms with E-state index in [0.29, 0.717) is 24.8 Å². The van der Waals surface area contributed by atoms with Gasteiger partial charge in [-0.2, -0.15) is 0 Å². The standard InChI is InChI=1S/C22H31N5O2.HI/c1-4-24-22(27-11-9-17(10-12-27)13-20(28)23-3)26-15-21-25-14-19(29-21)18-7-5-16(2)6-8-18;/h5-8,14,17H,4,9-13,15H2,1-3H3,(H,23,28)(H,24,26);1H. The summed E-state index contributed by atoms with van der Waals surface area (Å²) in [6.07, 6.45) is 4.35. The number of hydrogen-bond acceptors (Lipinski definition) is 4. The number of aromatic nitrogens is 1. The molecule has 0 aliphatic carbocycles. The summed E-state index contributed by atoms with van der Waals surface area (Å²) < 4.78 is 5.89. The van der Waals surface area contributed by atoms with Crippen LogP contribution in [0.2, 0.25) is 0 Å². The van der Waals surface area contributed by atoms with Crippen LogP contribution in [-0.2, 0) is 11.3 Å². The van der Waals surface area contributed by atoms with Crippen molar-refractivity contribution < 1.29 is 9.21 Å². The highest BCUT2D eigenvalue weighted by Gasteiger charge is 2.23. The number of likely N-dealkylation sites (tertiary alicyclic amines) is 1. The molecule has 1 aliphatic rings. The lowest BCUT2D eigenvalue weighted by Crippen LogP contribution is -2.46. The second kappa shape index (κ2) is 11.9. The topological polar surface area (TPSA) is 82.8 Å². The van der Waals surface area contributed by atoms with Crippen molar-refractivity contribution in [1.82, 2.24) is 20.5 Å². The van der Waals surface area contributed by atoms with Crippen LogP contribution in [0.15, 0.2) is 39.9 Å². The molecular formula is C22H32IN5O2. The van der Waals surface area contributed by atoms with E-state index in [1.54, 1.807) is 13.2 Å². The SMILES string of the molecule is CCNC(=NCc1ncc(-c2ccc(C)cc2)o1)N1CCC(CC(=O)NC)CC1.I. The predicted octanol–water partition coefficient (Wildman–Crippen LogP) is 3.58. The first-order valence-corrected chi connectivity index (χ1v) is 10.3. The van der Waals surface area contributed by atoms with Gasteiger partial charge in [0, 0.05) is 38.7 Å². The molecule has 0 saturated carbocycles. The van der Waals surface area contributed by atoms with Crippen molar-refractivity contribution in [2.45, 2.75) is 39.7 Å². The average molecular weight is 525 g/mol. The maximum atomic E-state index is 11.6. The minimum Gasteiger partial charge on any atom is -0.439 e. The van der Waals surface area contributed by atoms with Gasteiger partial charge in [0.25, 0.3) is 0 Å². The van der Waals surface area contributed by atoms with Crippen LogP contribution < -0.4 is 10.6 Å². The number of oxazole rings is 1. The molecule has 1 aliphatic heterocycles. The Bertz CT molecular complexity index is 826. The second-order valence-electron chi connectivity index (χ2n) is 7.46. The fraction of sp³-hybridized carbons (Fsp3) is 0.500. The summed E-state index contributed by atoms with van der Waals surface area (Å²) >= 11 is 0. The average Bonchev–Trinajstić information content (AvgIpc) is 3.21. The molecule has 1 aromatic heterocycles. The number of carbonyl (C=O) groups excluding carboxylic acids is 1. The van der Waals surface area contributed by atoms with Gasteiger partial charge in [-0.15, -0.1) is 24.0 Å². The minimum absolute atomic E-state index is 0. The zero-order valence-electron chi connectivity index (χ0n) is 18.0. The van der Waals surface area contributed by atoms with E-state index in [0.717, 1.165) is 49.8 Å². The van der Waals surface area contributed by atoms with Crippen LogP contribution in [0.4, 0.5) is 0 Å². The maximum absolute atomic E-state index is 11.6. The van der Waals surface area contributed by atoms with Crippen molar-refractivity contribution in [1.29, 1.82) is 0 Å². The lowest BCUT2D eigenvalue weighted by atomic mass is 9.93. The molecule has 0 spiro atoms. The molecule has 0 bridgehead atoms. The number of carbonyl (C=O) groups is 1. The molecule has 2 aromatic rings. The highest BCUT2D eigenvalue weighted by atomic mass is 127. The Morgan fingerprint density at radius 2 is 1.97 bits per heavy atom. The van der Waals surface area contributed by atoms with Gasteiger partial charge in [-0.1, -0.05) is 29.8 Å². The van der Waals surface area contributed by atoms with Crippen LogP contribution in [0.1, 0.15) is 37.6 Å². The number of aliphatic imine (C=N–C) groups is 1. The molecule has 1 aromatic carbocycles. The Morgan fingerprint density at radius 3 is 2.60 bits per heavy atom. The van der Waals surface area contributed by atoms with Crippen LogP contribution >= 0.6 is 24.0 Å². The van der Waals surface area contributed by atoms with E-state index >= 15 is 0 Å². The van der Waals surface area contributed by atoms with Crippen molar-refractivity contribution in [2.24, 2.45) is 10.9 Å². The Morgan fingerprint density at radius 1 is 1.27 bits per heavy atom. The molecule has 7 nitrogen and oxygen atoms in total. The number of rotatable bonds is 6. The number of benzene rings is 1. The highest BCUT2D eigenvalue weighted by Crippen LogP contribution is 2.22. The lowest BCUT2D eigenvalue weighted by molar-refractivity contribution is -0.121. The van der Waals surface area contributed by atoms with Gasteiger partial charge in [0.15, 0.2) is 11.7 Å². The highest BCUT2D eigenvalue weighted by molar-refractivity contribution is 14.0.